The van der Waals surface area contributed by atoms with Gasteiger partial charge in [-0.3, -0.25) is 0 Å². The Balaban J connectivity index is 2.09. The van der Waals surface area contributed by atoms with Gasteiger partial charge in [0.05, 0.1) is 6.61 Å². The number of aromatic nitrogens is 1. The Morgan fingerprint density at radius 2 is 2.00 bits per heavy atom. The lowest BCUT2D eigenvalue weighted by Gasteiger charge is -2.13. The van der Waals surface area contributed by atoms with Gasteiger partial charge in [-0.1, -0.05) is 25.0 Å². The monoisotopic (exact) mass is 215 g/mol. The van der Waals surface area contributed by atoms with Crippen LogP contribution in [0.1, 0.15) is 37.3 Å². The van der Waals surface area contributed by atoms with E-state index in [-0.39, 0.29) is 6.61 Å². The van der Waals surface area contributed by atoms with Crippen LogP contribution >= 0.6 is 0 Å². The molecule has 0 saturated heterocycles. The molecular formula is C14H17NO. The summed E-state index contributed by atoms with van der Waals surface area (Å²) in [6, 6.07) is 9.07. The molecule has 16 heavy (non-hydrogen) atoms. The maximum absolute atomic E-state index is 9.18. The lowest BCUT2D eigenvalue weighted by molar-refractivity contribution is 0.282. The minimum absolute atomic E-state index is 0.131. The Kier molecular flexibility index (Phi) is 2.44. The zero-order chi connectivity index (χ0) is 11.0. The highest BCUT2D eigenvalue weighted by Crippen LogP contribution is 2.32. The van der Waals surface area contributed by atoms with Crippen molar-refractivity contribution in [3.8, 4) is 0 Å². The van der Waals surface area contributed by atoms with Gasteiger partial charge in [-0.15, -0.1) is 0 Å². The molecule has 0 unspecified atom stereocenters. The fourth-order valence-electron chi connectivity index (χ4n) is 2.79. The highest BCUT2D eigenvalue weighted by Gasteiger charge is 2.17. The number of rotatable bonds is 2. The third-order valence-electron chi connectivity index (χ3n) is 3.69. The van der Waals surface area contributed by atoms with Gasteiger partial charge in [0.1, 0.15) is 0 Å². The Labute approximate surface area is 95.5 Å². The van der Waals surface area contributed by atoms with E-state index in [1.807, 2.05) is 6.07 Å². The van der Waals surface area contributed by atoms with Crippen molar-refractivity contribution >= 4 is 10.9 Å². The number of aliphatic hydroxyl groups is 1. The minimum atomic E-state index is 0.131. The van der Waals surface area contributed by atoms with Crippen molar-refractivity contribution in [3.63, 3.8) is 0 Å². The van der Waals surface area contributed by atoms with E-state index < -0.39 is 0 Å². The van der Waals surface area contributed by atoms with Gasteiger partial charge in [0.2, 0.25) is 0 Å². The van der Waals surface area contributed by atoms with Gasteiger partial charge in [-0.2, -0.15) is 0 Å². The quantitative estimate of drug-likeness (QED) is 0.817. The third-order valence-corrected chi connectivity index (χ3v) is 3.69. The summed E-state index contributed by atoms with van der Waals surface area (Å²) < 4.78 is 2.39. The smallest absolute Gasteiger partial charge is 0.0682 e. The number of hydrogen-bond donors (Lipinski definition) is 1. The van der Waals surface area contributed by atoms with Gasteiger partial charge in [0.25, 0.3) is 0 Å². The first kappa shape index (κ1) is 9.91. The van der Waals surface area contributed by atoms with Crippen LogP contribution in [0.15, 0.2) is 30.5 Å². The van der Waals surface area contributed by atoms with Crippen molar-refractivity contribution in [2.75, 3.05) is 0 Å². The summed E-state index contributed by atoms with van der Waals surface area (Å²) in [6.07, 6.45) is 7.50. The fourth-order valence-corrected chi connectivity index (χ4v) is 2.79. The van der Waals surface area contributed by atoms with Gasteiger partial charge in [0, 0.05) is 17.8 Å². The molecule has 2 nitrogen and oxygen atoms in total. The summed E-state index contributed by atoms with van der Waals surface area (Å²) in [6.45, 7) is 0.131. The fraction of sp³-hybridized carbons (Fsp3) is 0.429. The van der Waals surface area contributed by atoms with Crippen LogP contribution in [0.5, 0.6) is 0 Å². The molecular weight excluding hydrogens is 198 g/mol. The molecule has 1 fully saturated rings. The first-order chi connectivity index (χ1) is 7.88. The summed E-state index contributed by atoms with van der Waals surface area (Å²) in [5.74, 6) is 0. The molecule has 1 heterocycles. The Morgan fingerprint density at radius 3 is 2.75 bits per heavy atom. The van der Waals surface area contributed by atoms with E-state index in [1.54, 1.807) is 0 Å². The van der Waals surface area contributed by atoms with E-state index in [0.29, 0.717) is 6.04 Å². The van der Waals surface area contributed by atoms with Crippen molar-refractivity contribution in [2.45, 2.75) is 38.3 Å². The lowest BCUT2D eigenvalue weighted by Crippen LogP contribution is -2.02. The number of hydrogen-bond acceptors (Lipinski definition) is 1. The van der Waals surface area contributed by atoms with Crippen LogP contribution in [0.2, 0.25) is 0 Å². The van der Waals surface area contributed by atoms with Gasteiger partial charge in [-0.25, -0.2) is 0 Å². The SMILES string of the molecule is OCc1ccc2ccn(C3CCCC3)c2c1. The largest absolute Gasteiger partial charge is 0.392 e. The maximum atomic E-state index is 9.18. The molecule has 84 valence electrons. The first-order valence-electron chi connectivity index (χ1n) is 6.09. The second-order valence-corrected chi connectivity index (χ2v) is 4.71. The molecule has 0 amide bonds. The average molecular weight is 215 g/mol. The van der Waals surface area contributed by atoms with Crippen molar-refractivity contribution in [2.24, 2.45) is 0 Å². The molecule has 0 atom stereocenters. The predicted molar refractivity (Wildman–Crippen MR) is 65.4 cm³/mol. The standard InChI is InChI=1S/C14H17NO/c16-10-11-5-6-12-7-8-15(14(12)9-11)13-3-1-2-4-13/h5-9,13,16H,1-4,10H2. The molecule has 0 radical (unpaired) electrons. The van der Waals surface area contributed by atoms with Gasteiger partial charge >= 0.3 is 0 Å². The van der Waals surface area contributed by atoms with E-state index in [4.69, 9.17) is 0 Å². The van der Waals surface area contributed by atoms with E-state index in [9.17, 15) is 5.11 Å². The van der Waals surface area contributed by atoms with Crippen LogP contribution < -0.4 is 0 Å². The molecule has 1 aliphatic carbocycles. The average Bonchev–Trinajstić information content (AvgIpc) is 2.96. The van der Waals surface area contributed by atoms with Crippen LogP contribution in [-0.4, -0.2) is 9.67 Å². The highest BCUT2D eigenvalue weighted by atomic mass is 16.3. The summed E-state index contributed by atoms with van der Waals surface area (Å²) in [4.78, 5) is 0. The number of nitrogens with zero attached hydrogens (tertiary/aromatic N) is 1. The van der Waals surface area contributed by atoms with Crippen LogP contribution in [0.25, 0.3) is 10.9 Å². The zero-order valence-electron chi connectivity index (χ0n) is 9.39. The highest BCUT2D eigenvalue weighted by molar-refractivity contribution is 5.81. The van der Waals surface area contributed by atoms with Crippen LogP contribution in [0.4, 0.5) is 0 Å². The second kappa shape index (κ2) is 3.95. The summed E-state index contributed by atoms with van der Waals surface area (Å²) in [5.41, 5.74) is 2.28. The molecule has 1 saturated carbocycles. The molecule has 2 heteroatoms. The van der Waals surface area contributed by atoms with Crippen LogP contribution in [0, 0.1) is 0 Å². The zero-order valence-corrected chi connectivity index (χ0v) is 9.39. The van der Waals surface area contributed by atoms with Crippen molar-refractivity contribution < 1.29 is 5.11 Å². The topological polar surface area (TPSA) is 25.2 Å². The maximum Gasteiger partial charge on any atom is 0.0682 e. The Bertz CT molecular complexity index is 494. The molecule has 0 spiro atoms. The molecule has 1 aliphatic rings. The molecule has 2 aromatic rings. The van der Waals surface area contributed by atoms with Gasteiger partial charge in [-0.05, 0) is 35.9 Å². The van der Waals surface area contributed by atoms with Crippen LogP contribution in [0.3, 0.4) is 0 Å². The van der Waals surface area contributed by atoms with Crippen molar-refractivity contribution in [1.29, 1.82) is 0 Å². The van der Waals surface area contributed by atoms with E-state index in [0.717, 1.165) is 5.56 Å². The molecule has 0 aliphatic heterocycles. The molecule has 0 bridgehead atoms. The molecule has 1 aromatic carbocycles. The normalized spacial score (nSPS) is 17.3. The minimum Gasteiger partial charge on any atom is -0.392 e. The van der Waals surface area contributed by atoms with E-state index >= 15 is 0 Å². The van der Waals surface area contributed by atoms with Gasteiger partial charge < -0.3 is 9.67 Å². The summed E-state index contributed by atoms with van der Waals surface area (Å²) in [5, 5.41) is 10.5. The second-order valence-electron chi connectivity index (χ2n) is 4.71. The number of benzene rings is 1. The molecule has 3 rings (SSSR count). The van der Waals surface area contributed by atoms with Crippen molar-refractivity contribution in [1.82, 2.24) is 4.57 Å². The van der Waals surface area contributed by atoms with E-state index in [2.05, 4.69) is 29.0 Å². The molecule has 1 N–H and O–H groups in total. The molecule has 1 aromatic heterocycles. The van der Waals surface area contributed by atoms with Crippen molar-refractivity contribution in [3.05, 3.63) is 36.0 Å². The van der Waals surface area contributed by atoms with Gasteiger partial charge in [0.15, 0.2) is 0 Å². The third kappa shape index (κ3) is 1.54. The lowest BCUT2D eigenvalue weighted by atomic mass is 10.1. The Hall–Kier alpha value is -1.28. The van der Waals surface area contributed by atoms with Crippen LogP contribution in [-0.2, 0) is 6.61 Å². The first-order valence-corrected chi connectivity index (χ1v) is 6.09. The Morgan fingerprint density at radius 1 is 1.19 bits per heavy atom. The number of fused-ring (bicyclic) bond motifs is 1. The summed E-state index contributed by atoms with van der Waals surface area (Å²) in [7, 11) is 0. The summed E-state index contributed by atoms with van der Waals surface area (Å²) >= 11 is 0. The number of aliphatic hydroxyl groups excluding tert-OH is 1. The predicted octanol–water partition coefficient (Wildman–Crippen LogP) is 3.25. The van der Waals surface area contributed by atoms with E-state index in [1.165, 1.54) is 36.6 Å².